The van der Waals surface area contributed by atoms with Crippen LogP contribution in [-0.4, -0.2) is 33.4 Å². The molecule has 7 nitrogen and oxygen atoms in total. The molecule has 2 N–H and O–H groups in total. The minimum Gasteiger partial charge on any atom is -0.486 e. The number of H-pyrrole nitrogens is 1. The van der Waals surface area contributed by atoms with E-state index in [0.717, 1.165) is 32.7 Å². The predicted octanol–water partition coefficient (Wildman–Crippen LogP) is 3.06. The number of rotatable bonds is 3. The number of hydrogen-bond donors (Lipinski definition) is 2. The van der Waals surface area contributed by atoms with Gasteiger partial charge in [-0.1, -0.05) is 15.9 Å². The Labute approximate surface area is 140 Å². The Hall–Kier alpha value is -2.35. The van der Waals surface area contributed by atoms with Crippen LogP contribution in [0.25, 0.3) is 11.0 Å². The first-order valence-corrected chi connectivity index (χ1v) is 8.01. The highest BCUT2D eigenvalue weighted by atomic mass is 79.9. The fraction of sp³-hybridized carbons (Fsp3) is 0.267. The van der Waals surface area contributed by atoms with Crippen molar-refractivity contribution in [1.29, 1.82) is 0 Å². The van der Waals surface area contributed by atoms with Crippen LogP contribution in [0.15, 0.2) is 29.1 Å². The van der Waals surface area contributed by atoms with Crippen molar-refractivity contribution in [3.8, 4) is 11.5 Å². The standard InChI is InChI=1S/C15H14BrN5O2/c1-8(20-14-10-6-19-21-15(10)18-7-17-14)9-4-12-13(5-11(9)16)23-3-2-22-12/h4-8H,2-3H2,1H3,(H2,17,18,19,20,21). The summed E-state index contributed by atoms with van der Waals surface area (Å²) in [7, 11) is 0. The molecule has 0 bridgehead atoms. The third-order valence-corrected chi connectivity index (χ3v) is 4.42. The van der Waals surface area contributed by atoms with Crippen LogP contribution in [0.5, 0.6) is 11.5 Å². The summed E-state index contributed by atoms with van der Waals surface area (Å²) in [6.45, 7) is 3.20. The summed E-state index contributed by atoms with van der Waals surface area (Å²) in [6.07, 6.45) is 3.22. The molecule has 0 spiro atoms. The first kappa shape index (κ1) is 14.3. The third-order valence-electron chi connectivity index (χ3n) is 3.73. The fourth-order valence-corrected chi connectivity index (χ4v) is 3.24. The van der Waals surface area contributed by atoms with Crippen molar-refractivity contribution in [2.45, 2.75) is 13.0 Å². The quantitative estimate of drug-likeness (QED) is 0.731. The first-order chi connectivity index (χ1) is 11.2. The molecule has 3 heterocycles. The van der Waals surface area contributed by atoms with E-state index in [-0.39, 0.29) is 6.04 Å². The van der Waals surface area contributed by atoms with Gasteiger partial charge in [-0.25, -0.2) is 9.97 Å². The van der Waals surface area contributed by atoms with Gasteiger partial charge in [0.1, 0.15) is 25.4 Å². The molecular formula is C15H14BrN5O2. The summed E-state index contributed by atoms with van der Waals surface area (Å²) in [5.74, 6) is 2.26. The number of anilines is 1. The number of hydrogen-bond acceptors (Lipinski definition) is 6. The summed E-state index contributed by atoms with van der Waals surface area (Å²) >= 11 is 3.60. The van der Waals surface area contributed by atoms with E-state index in [2.05, 4.69) is 48.3 Å². The number of benzene rings is 1. The van der Waals surface area contributed by atoms with Gasteiger partial charge in [0.25, 0.3) is 0 Å². The Bertz CT molecular complexity index is 866. The van der Waals surface area contributed by atoms with E-state index in [9.17, 15) is 0 Å². The molecule has 23 heavy (non-hydrogen) atoms. The Morgan fingerprint density at radius 3 is 2.83 bits per heavy atom. The summed E-state index contributed by atoms with van der Waals surface area (Å²) in [4.78, 5) is 8.45. The molecule has 0 radical (unpaired) electrons. The molecule has 0 aliphatic carbocycles. The highest BCUT2D eigenvalue weighted by Crippen LogP contribution is 2.38. The molecule has 4 rings (SSSR count). The molecule has 0 fully saturated rings. The smallest absolute Gasteiger partial charge is 0.162 e. The van der Waals surface area contributed by atoms with Crippen LogP contribution in [0.3, 0.4) is 0 Å². The monoisotopic (exact) mass is 375 g/mol. The molecule has 0 saturated heterocycles. The second kappa shape index (κ2) is 5.69. The van der Waals surface area contributed by atoms with Gasteiger partial charge in [0.05, 0.1) is 17.6 Å². The maximum absolute atomic E-state index is 5.66. The number of aromatic nitrogens is 4. The van der Waals surface area contributed by atoms with Gasteiger partial charge in [-0.2, -0.15) is 5.10 Å². The van der Waals surface area contributed by atoms with E-state index in [0.29, 0.717) is 18.9 Å². The summed E-state index contributed by atoms with van der Waals surface area (Å²) in [6, 6.07) is 3.94. The van der Waals surface area contributed by atoms with Crippen molar-refractivity contribution in [3.05, 3.63) is 34.7 Å². The zero-order valence-corrected chi connectivity index (χ0v) is 13.9. The zero-order valence-electron chi connectivity index (χ0n) is 12.3. The summed E-state index contributed by atoms with van der Waals surface area (Å²) < 4.78 is 12.2. The molecular weight excluding hydrogens is 362 g/mol. The molecule has 3 aromatic rings. The van der Waals surface area contributed by atoms with Crippen molar-refractivity contribution < 1.29 is 9.47 Å². The number of aromatic amines is 1. The Kier molecular flexibility index (Phi) is 3.53. The fourth-order valence-electron chi connectivity index (χ4n) is 2.57. The van der Waals surface area contributed by atoms with Crippen LogP contribution in [0.2, 0.25) is 0 Å². The lowest BCUT2D eigenvalue weighted by Crippen LogP contribution is -2.16. The van der Waals surface area contributed by atoms with Gasteiger partial charge in [-0.05, 0) is 24.6 Å². The van der Waals surface area contributed by atoms with Crippen molar-refractivity contribution >= 4 is 32.8 Å². The average Bonchev–Trinajstić information content (AvgIpc) is 3.04. The molecule has 1 aromatic carbocycles. The largest absolute Gasteiger partial charge is 0.486 e. The number of nitrogens with zero attached hydrogens (tertiary/aromatic N) is 3. The lowest BCUT2D eigenvalue weighted by molar-refractivity contribution is 0.171. The maximum Gasteiger partial charge on any atom is 0.162 e. The van der Waals surface area contributed by atoms with Crippen molar-refractivity contribution in [3.63, 3.8) is 0 Å². The molecule has 1 unspecified atom stereocenters. The van der Waals surface area contributed by atoms with Gasteiger partial charge in [0.2, 0.25) is 0 Å². The van der Waals surface area contributed by atoms with Crippen LogP contribution in [0.1, 0.15) is 18.5 Å². The number of halogens is 1. The first-order valence-electron chi connectivity index (χ1n) is 7.22. The van der Waals surface area contributed by atoms with Gasteiger partial charge in [0, 0.05) is 4.47 Å². The summed E-state index contributed by atoms with van der Waals surface area (Å²) in [5, 5.41) is 11.1. The minimum absolute atomic E-state index is 0.00759. The molecule has 2 aromatic heterocycles. The molecule has 1 atom stereocenters. The zero-order chi connectivity index (χ0) is 15.8. The van der Waals surface area contributed by atoms with Crippen molar-refractivity contribution in [2.24, 2.45) is 0 Å². The normalized spacial score (nSPS) is 14.7. The Morgan fingerprint density at radius 1 is 1.22 bits per heavy atom. The maximum atomic E-state index is 5.66. The molecule has 118 valence electrons. The van der Waals surface area contributed by atoms with Gasteiger partial charge in [0.15, 0.2) is 17.1 Å². The molecule has 0 amide bonds. The molecule has 8 heteroatoms. The molecule has 1 aliphatic rings. The van der Waals surface area contributed by atoms with Gasteiger partial charge < -0.3 is 14.8 Å². The van der Waals surface area contributed by atoms with E-state index >= 15 is 0 Å². The van der Waals surface area contributed by atoms with Crippen LogP contribution in [-0.2, 0) is 0 Å². The number of ether oxygens (including phenoxy) is 2. The number of nitrogens with one attached hydrogen (secondary N) is 2. The van der Waals surface area contributed by atoms with E-state index in [1.54, 1.807) is 6.20 Å². The van der Waals surface area contributed by atoms with Crippen LogP contribution in [0, 0.1) is 0 Å². The predicted molar refractivity (Wildman–Crippen MR) is 88.9 cm³/mol. The Balaban J connectivity index is 1.66. The van der Waals surface area contributed by atoms with E-state index in [1.165, 1.54) is 6.33 Å². The molecule has 0 saturated carbocycles. The molecule has 1 aliphatic heterocycles. The Morgan fingerprint density at radius 2 is 2.00 bits per heavy atom. The second-order valence-electron chi connectivity index (χ2n) is 5.24. The lowest BCUT2D eigenvalue weighted by Gasteiger charge is -2.22. The lowest BCUT2D eigenvalue weighted by atomic mass is 10.1. The highest BCUT2D eigenvalue weighted by molar-refractivity contribution is 9.10. The SMILES string of the molecule is CC(Nc1ncnc2[nH]ncc12)c1cc2c(cc1Br)OCCO2. The van der Waals surface area contributed by atoms with Crippen LogP contribution >= 0.6 is 15.9 Å². The highest BCUT2D eigenvalue weighted by Gasteiger charge is 2.19. The van der Waals surface area contributed by atoms with Gasteiger partial charge in [-0.3, -0.25) is 5.10 Å². The van der Waals surface area contributed by atoms with Crippen LogP contribution < -0.4 is 14.8 Å². The number of fused-ring (bicyclic) bond motifs is 2. The van der Waals surface area contributed by atoms with E-state index in [1.807, 2.05) is 12.1 Å². The van der Waals surface area contributed by atoms with Crippen molar-refractivity contribution in [1.82, 2.24) is 20.2 Å². The van der Waals surface area contributed by atoms with Gasteiger partial charge >= 0.3 is 0 Å². The summed E-state index contributed by atoms with van der Waals surface area (Å²) in [5.41, 5.74) is 1.76. The van der Waals surface area contributed by atoms with Crippen molar-refractivity contribution in [2.75, 3.05) is 18.5 Å². The topological polar surface area (TPSA) is 85.0 Å². The van der Waals surface area contributed by atoms with Crippen LogP contribution in [0.4, 0.5) is 5.82 Å². The third kappa shape index (κ3) is 2.59. The van der Waals surface area contributed by atoms with E-state index in [4.69, 9.17) is 9.47 Å². The van der Waals surface area contributed by atoms with E-state index < -0.39 is 0 Å². The average molecular weight is 376 g/mol. The minimum atomic E-state index is 0.00759. The van der Waals surface area contributed by atoms with Gasteiger partial charge in [-0.15, -0.1) is 0 Å². The second-order valence-corrected chi connectivity index (χ2v) is 6.09.